The maximum absolute atomic E-state index is 12.8. The number of fused-ring (bicyclic) bond motifs is 2. The molecular formula is C23H23ClN4O2. The largest absolute Gasteiger partial charge is 0.464 e. The van der Waals surface area contributed by atoms with Gasteiger partial charge in [-0.15, -0.1) is 12.4 Å². The maximum Gasteiger partial charge on any atom is 0.276 e. The van der Waals surface area contributed by atoms with E-state index in [1.54, 1.807) is 6.26 Å². The molecule has 1 aliphatic heterocycles. The van der Waals surface area contributed by atoms with Crippen LogP contribution in [0.5, 0.6) is 0 Å². The number of para-hydroxylation sites is 1. The number of carbonyl (C=O) groups is 1. The van der Waals surface area contributed by atoms with Crippen molar-refractivity contribution in [1.82, 2.24) is 15.1 Å². The number of rotatable bonds is 4. The fourth-order valence-corrected chi connectivity index (χ4v) is 3.87. The van der Waals surface area contributed by atoms with Crippen LogP contribution >= 0.6 is 12.4 Å². The summed E-state index contributed by atoms with van der Waals surface area (Å²) >= 11 is 0. The van der Waals surface area contributed by atoms with E-state index in [2.05, 4.69) is 27.9 Å². The number of hydrogen-bond donors (Lipinski definition) is 2. The highest BCUT2D eigenvalue weighted by Gasteiger charge is 2.15. The Morgan fingerprint density at radius 3 is 3.00 bits per heavy atom. The molecule has 0 saturated carbocycles. The highest BCUT2D eigenvalue weighted by atomic mass is 35.5. The molecule has 7 heteroatoms. The first-order valence-electron chi connectivity index (χ1n) is 9.81. The summed E-state index contributed by atoms with van der Waals surface area (Å²) in [6.07, 6.45) is 2.67. The molecule has 0 radical (unpaired) electrons. The number of anilines is 1. The minimum absolute atomic E-state index is 0. The van der Waals surface area contributed by atoms with Gasteiger partial charge in [-0.25, -0.2) is 0 Å². The van der Waals surface area contributed by atoms with Gasteiger partial charge in [-0.1, -0.05) is 24.3 Å². The van der Waals surface area contributed by atoms with Crippen LogP contribution in [0.15, 0.2) is 59.2 Å². The second kappa shape index (κ2) is 8.34. The molecule has 6 nitrogen and oxygen atoms in total. The van der Waals surface area contributed by atoms with E-state index in [0.29, 0.717) is 12.2 Å². The third-order valence-corrected chi connectivity index (χ3v) is 5.45. The Kier molecular flexibility index (Phi) is 5.61. The number of carbonyl (C=O) groups excluding carboxylic acids is 1. The third kappa shape index (κ3) is 3.84. The van der Waals surface area contributed by atoms with E-state index in [1.165, 1.54) is 11.1 Å². The SMILES string of the molecule is Cc1cc(C(=O)Nc2ccc3c(c2)CCNC3)nn1Cc1cccc2ccoc12.Cl. The summed E-state index contributed by atoms with van der Waals surface area (Å²) in [6, 6.07) is 15.9. The number of benzene rings is 2. The van der Waals surface area contributed by atoms with Gasteiger partial charge in [0.25, 0.3) is 5.91 Å². The van der Waals surface area contributed by atoms with Crippen molar-refractivity contribution in [2.45, 2.75) is 26.4 Å². The molecule has 0 bridgehead atoms. The monoisotopic (exact) mass is 422 g/mol. The molecule has 30 heavy (non-hydrogen) atoms. The van der Waals surface area contributed by atoms with Crippen LogP contribution in [0.1, 0.15) is 32.9 Å². The molecule has 2 aromatic heterocycles. The van der Waals surface area contributed by atoms with Crippen LogP contribution in [0, 0.1) is 6.92 Å². The normalized spacial score (nSPS) is 13.0. The van der Waals surface area contributed by atoms with E-state index < -0.39 is 0 Å². The Labute approximate surface area is 180 Å². The van der Waals surface area contributed by atoms with E-state index in [9.17, 15) is 4.79 Å². The minimum Gasteiger partial charge on any atom is -0.464 e. The molecule has 5 rings (SSSR count). The van der Waals surface area contributed by atoms with Gasteiger partial charge in [0.2, 0.25) is 0 Å². The zero-order valence-electron chi connectivity index (χ0n) is 16.6. The number of aromatic nitrogens is 2. The fourth-order valence-electron chi connectivity index (χ4n) is 3.87. The average molecular weight is 423 g/mol. The van der Waals surface area contributed by atoms with Gasteiger partial charge in [0, 0.05) is 28.9 Å². The Balaban J connectivity index is 0.00000218. The second-order valence-corrected chi connectivity index (χ2v) is 7.45. The molecule has 0 aliphatic carbocycles. The van der Waals surface area contributed by atoms with Gasteiger partial charge in [0.1, 0.15) is 5.58 Å². The van der Waals surface area contributed by atoms with E-state index in [-0.39, 0.29) is 18.3 Å². The second-order valence-electron chi connectivity index (χ2n) is 7.45. The molecule has 4 aromatic rings. The summed E-state index contributed by atoms with van der Waals surface area (Å²) in [5.74, 6) is -0.197. The smallest absolute Gasteiger partial charge is 0.276 e. The number of halogens is 1. The zero-order chi connectivity index (χ0) is 19.8. The molecule has 154 valence electrons. The lowest BCUT2D eigenvalue weighted by atomic mass is 10.0. The van der Waals surface area contributed by atoms with Crippen LogP contribution in [0.4, 0.5) is 5.69 Å². The first-order valence-corrected chi connectivity index (χ1v) is 9.81. The average Bonchev–Trinajstić information content (AvgIpc) is 3.35. The van der Waals surface area contributed by atoms with Crippen molar-refractivity contribution < 1.29 is 9.21 Å². The predicted octanol–water partition coefficient (Wildman–Crippen LogP) is 4.31. The highest BCUT2D eigenvalue weighted by Crippen LogP contribution is 2.22. The van der Waals surface area contributed by atoms with E-state index in [4.69, 9.17) is 4.42 Å². The number of nitrogens with zero attached hydrogens (tertiary/aromatic N) is 2. The standard InChI is InChI=1S/C23H22N4O2.ClH/c1-15-11-21(23(28)25-20-6-5-18-13-24-9-7-17(18)12-20)26-27(15)14-19-4-2-3-16-8-10-29-22(16)19;/h2-6,8,10-12,24H,7,9,13-14H2,1H3,(H,25,28);1H. The lowest BCUT2D eigenvalue weighted by Gasteiger charge is -2.17. The number of amides is 1. The summed E-state index contributed by atoms with van der Waals surface area (Å²) in [7, 11) is 0. The fraction of sp³-hybridized carbons (Fsp3) is 0.217. The first-order chi connectivity index (χ1) is 14.2. The highest BCUT2D eigenvalue weighted by molar-refractivity contribution is 6.03. The molecule has 1 amide bonds. The van der Waals surface area contributed by atoms with E-state index >= 15 is 0 Å². The molecule has 0 spiro atoms. The van der Waals surface area contributed by atoms with Gasteiger partial charge in [0.15, 0.2) is 5.69 Å². The Morgan fingerprint density at radius 1 is 1.20 bits per heavy atom. The van der Waals surface area contributed by atoms with E-state index in [0.717, 1.165) is 47.4 Å². The number of furan rings is 1. The van der Waals surface area contributed by atoms with Crippen molar-refractivity contribution in [3.63, 3.8) is 0 Å². The van der Waals surface area contributed by atoms with Crippen molar-refractivity contribution in [2.75, 3.05) is 11.9 Å². The summed E-state index contributed by atoms with van der Waals surface area (Å²) in [6.45, 7) is 4.36. The summed E-state index contributed by atoms with van der Waals surface area (Å²) in [5, 5.41) is 11.9. The predicted molar refractivity (Wildman–Crippen MR) is 119 cm³/mol. The van der Waals surface area contributed by atoms with Crippen LogP contribution in [0.2, 0.25) is 0 Å². The lowest BCUT2D eigenvalue weighted by Crippen LogP contribution is -2.23. The van der Waals surface area contributed by atoms with Gasteiger partial charge in [-0.2, -0.15) is 5.10 Å². The molecular weight excluding hydrogens is 400 g/mol. The summed E-state index contributed by atoms with van der Waals surface area (Å²) in [4.78, 5) is 12.8. The van der Waals surface area contributed by atoms with Crippen molar-refractivity contribution in [3.8, 4) is 0 Å². The van der Waals surface area contributed by atoms with Crippen LogP contribution in [0.25, 0.3) is 11.0 Å². The molecule has 2 aromatic carbocycles. The zero-order valence-corrected chi connectivity index (χ0v) is 17.5. The van der Waals surface area contributed by atoms with Gasteiger partial charge < -0.3 is 15.1 Å². The molecule has 0 unspecified atom stereocenters. The van der Waals surface area contributed by atoms with Crippen molar-refractivity contribution in [2.24, 2.45) is 0 Å². The molecule has 0 atom stereocenters. The van der Waals surface area contributed by atoms with Gasteiger partial charge in [-0.3, -0.25) is 9.48 Å². The van der Waals surface area contributed by atoms with Crippen LogP contribution in [-0.4, -0.2) is 22.2 Å². The molecule has 3 heterocycles. The van der Waals surface area contributed by atoms with Gasteiger partial charge in [-0.05, 0) is 55.3 Å². The quantitative estimate of drug-likeness (QED) is 0.514. The number of aryl methyl sites for hydroxylation is 1. The Morgan fingerprint density at radius 2 is 2.10 bits per heavy atom. The van der Waals surface area contributed by atoms with Crippen molar-refractivity contribution in [3.05, 3.63) is 82.9 Å². The van der Waals surface area contributed by atoms with E-state index in [1.807, 2.05) is 48.0 Å². The van der Waals surface area contributed by atoms with Crippen LogP contribution in [-0.2, 0) is 19.5 Å². The summed E-state index contributed by atoms with van der Waals surface area (Å²) in [5.41, 5.74) is 6.62. The molecule has 1 aliphatic rings. The third-order valence-electron chi connectivity index (χ3n) is 5.45. The molecule has 2 N–H and O–H groups in total. The molecule has 0 fully saturated rings. The van der Waals surface area contributed by atoms with Crippen molar-refractivity contribution in [1.29, 1.82) is 0 Å². The molecule has 0 saturated heterocycles. The van der Waals surface area contributed by atoms with Crippen LogP contribution in [0.3, 0.4) is 0 Å². The lowest BCUT2D eigenvalue weighted by molar-refractivity contribution is 0.102. The Hall–Kier alpha value is -3.09. The number of hydrogen-bond acceptors (Lipinski definition) is 4. The number of nitrogens with one attached hydrogen (secondary N) is 2. The van der Waals surface area contributed by atoms with Gasteiger partial charge in [0.05, 0.1) is 12.8 Å². The Bertz CT molecular complexity index is 1210. The maximum atomic E-state index is 12.8. The van der Waals surface area contributed by atoms with Gasteiger partial charge >= 0.3 is 0 Å². The minimum atomic E-state index is -0.197. The van der Waals surface area contributed by atoms with Crippen molar-refractivity contribution >= 4 is 35.0 Å². The first kappa shape index (κ1) is 20.2. The summed E-state index contributed by atoms with van der Waals surface area (Å²) < 4.78 is 7.45. The topological polar surface area (TPSA) is 72.1 Å². The van der Waals surface area contributed by atoms with Crippen LogP contribution < -0.4 is 10.6 Å².